The fourth-order valence-electron chi connectivity index (χ4n) is 6.39. The predicted octanol–water partition coefficient (Wildman–Crippen LogP) is 6.96. The van der Waals surface area contributed by atoms with Gasteiger partial charge in [0.25, 0.3) is 0 Å². The number of hydrogen-bond donors (Lipinski definition) is 1. The molecule has 0 aliphatic heterocycles. The van der Waals surface area contributed by atoms with Crippen LogP contribution in [0, 0.1) is 11.8 Å². The summed E-state index contributed by atoms with van der Waals surface area (Å²) >= 11 is -2.24. The van der Waals surface area contributed by atoms with Crippen molar-refractivity contribution in [3.63, 3.8) is 0 Å². The summed E-state index contributed by atoms with van der Waals surface area (Å²) in [6, 6.07) is 22.3. The number of carbonyl (C=O) groups is 1. The SMILES string of the molecule is CC1=C(C)C(C)[C]([Ti]([NH]C(=O)C2CCCCCCCCCC2)[SiH](c2ccccc2)c2ccccc2)=C1C. The van der Waals surface area contributed by atoms with Crippen LogP contribution in [0.15, 0.2) is 81.3 Å². The van der Waals surface area contributed by atoms with Gasteiger partial charge < -0.3 is 0 Å². The molecule has 37 heavy (non-hydrogen) atoms. The van der Waals surface area contributed by atoms with E-state index in [0.29, 0.717) is 11.8 Å². The molecule has 1 N–H and O–H groups in total. The molecular formula is C33H46NOSiTi. The zero-order valence-corrected chi connectivity index (χ0v) is 26.2. The monoisotopic (exact) mass is 548 g/mol. The van der Waals surface area contributed by atoms with Gasteiger partial charge in [0.1, 0.15) is 0 Å². The van der Waals surface area contributed by atoms with E-state index < -0.39 is 24.0 Å². The van der Waals surface area contributed by atoms with Crippen molar-refractivity contribution in [3.8, 4) is 0 Å². The van der Waals surface area contributed by atoms with E-state index in [1.54, 1.807) is 3.88 Å². The Morgan fingerprint density at radius 2 is 1.19 bits per heavy atom. The zero-order chi connectivity index (χ0) is 26.2. The molecule has 1 amide bonds. The molecule has 2 nitrogen and oxygen atoms in total. The Balaban J connectivity index is 1.72. The van der Waals surface area contributed by atoms with Crippen LogP contribution in [0.3, 0.4) is 0 Å². The van der Waals surface area contributed by atoms with Crippen molar-refractivity contribution in [2.24, 2.45) is 11.8 Å². The van der Waals surface area contributed by atoms with E-state index in [-0.39, 0.29) is 5.92 Å². The van der Waals surface area contributed by atoms with Crippen molar-refractivity contribution in [1.82, 2.24) is 3.80 Å². The Morgan fingerprint density at radius 1 is 0.730 bits per heavy atom. The van der Waals surface area contributed by atoms with Crippen molar-refractivity contribution >= 4 is 22.9 Å². The van der Waals surface area contributed by atoms with Gasteiger partial charge in [0.2, 0.25) is 0 Å². The molecule has 0 heterocycles. The Morgan fingerprint density at radius 3 is 1.62 bits per heavy atom. The number of amides is 1. The van der Waals surface area contributed by atoms with Gasteiger partial charge in [0.05, 0.1) is 0 Å². The van der Waals surface area contributed by atoms with Gasteiger partial charge >= 0.3 is 234 Å². The number of rotatable bonds is 6. The van der Waals surface area contributed by atoms with E-state index in [0.717, 1.165) is 12.8 Å². The molecule has 2 aromatic carbocycles. The van der Waals surface area contributed by atoms with E-state index in [1.807, 2.05) is 0 Å². The average Bonchev–Trinajstić information content (AvgIpc) is 3.09. The van der Waals surface area contributed by atoms with E-state index in [2.05, 4.69) is 92.2 Å². The molecule has 0 aromatic heterocycles. The van der Waals surface area contributed by atoms with Gasteiger partial charge in [-0.1, -0.05) is 0 Å². The van der Waals surface area contributed by atoms with Gasteiger partial charge in [-0.15, -0.1) is 0 Å². The maximum atomic E-state index is 14.2. The molecule has 0 saturated heterocycles. The van der Waals surface area contributed by atoms with E-state index in [9.17, 15) is 4.79 Å². The molecule has 2 aliphatic rings. The third kappa shape index (κ3) is 7.05. The zero-order valence-electron chi connectivity index (χ0n) is 23.5. The molecule has 0 bridgehead atoms. The summed E-state index contributed by atoms with van der Waals surface area (Å²) in [5, 5.41) is 2.95. The van der Waals surface area contributed by atoms with Crippen molar-refractivity contribution in [3.05, 3.63) is 81.3 Å². The van der Waals surface area contributed by atoms with Crippen molar-refractivity contribution in [2.75, 3.05) is 0 Å². The minimum absolute atomic E-state index is 0.176. The normalized spacial score (nSPS) is 20.2. The second kappa shape index (κ2) is 13.9. The molecule has 1 saturated carbocycles. The van der Waals surface area contributed by atoms with Gasteiger partial charge in [-0.3, -0.25) is 0 Å². The van der Waals surface area contributed by atoms with E-state index in [1.165, 1.54) is 78.5 Å². The first-order valence-electron chi connectivity index (χ1n) is 14.7. The van der Waals surface area contributed by atoms with Crippen LogP contribution in [0.5, 0.6) is 0 Å². The Bertz CT molecular complexity index is 1040. The second-order valence-electron chi connectivity index (χ2n) is 11.3. The summed E-state index contributed by atoms with van der Waals surface area (Å²) in [4.78, 5) is 14.2. The Hall–Kier alpha value is -1.68. The van der Waals surface area contributed by atoms with E-state index >= 15 is 0 Å². The molecule has 2 aliphatic carbocycles. The molecule has 1 fully saturated rings. The number of allylic oxidation sites excluding steroid dienone is 4. The molecule has 0 spiro atoms. The molecule has 1 atom stereocenters. The molecule has 4 heteroatoms. The van der Waals surface area contributed by atoms with Crippen molar-refractivity contribution < 1.29 is 22.2 Å². The van der Waals surface area contributed by atoms with Gasteiger partial charge in [0, 0.05) is 0 Å². The summed E-state index contributed by atoms with van der Waals surface area (Å²) in [6.45, 7) is 7.65. The van der Waals surface area contributed by atoms with Gasteiger partial charge in [-0.25, -0.2) is 0 Å². The third-order valence-electron chi connectivity index (χ3n) is 8.97. The van der Waals surface area contributed by atoms with Crippen LogP contribution in [-0.4, -0.2) is 12.6 Å². The molecule has 0 radical (unpaired) electrons. The number of hydrogen-bond acceptors (Lipinski definition) is 1. The number of nitrogens with one attached hydrogen (secondary N) is 1. The van der Waals surface area contributed by atoms with Crippen LogP contribution in [0.4, 0.5) is 0 Å². The van der Waals surface area contributed by atoms with Crippen LogP contribution >= 0.6 is 0 Å². The predicted molar refractivity (Wildman–Crippen MR) is 157 cm³/mol. The number of benzene rings is 2. The average molecular weight is 549 g/mol. The van der Waals surface area contributed by atoms with Gasteiger partial charge in [-0.05, 0) is 0 Å². The maximum absolute atomic E-state index is 14.2. The summed E-state index contributed by atoms with van der Waals surface area (Å²) < 4.78 is 5.55. The van der Waals surface area contributed by atoms with Crippen molar-refractivity contribution in [1.29, 1.82) is 0 Å². The van der Waals surface area contributed by atoms with Crippen LogP contribution in [0.25, 0.3) is 0 Å². The molecule has 2 aromatic rings. The minimum atomic E-state index is -2.24. The topological polar surface area (TPSA) is 29.1 Å². The van der Waals surface area contributed by atoms with Crippen LogP contribution in [0.1, 0.15) is 91.9 Å². The van der Waals surface area contributed by atoms with Crippen LogP contribution in [0.2, 0.25) is 0 Å². The van der Waals surface area contributed by atoms with Crippen LogP contribution < -0.4 is 14.2 Å². The second-order valence-corrected chi connectivity index (χ2v) is 21.1. The Labute approximate surface area is 233 Å². The Kier molecular flexibility index (Phi) is 10.7. The van der Waals surface area contributed by atoms with E-state index in [4.69, 9.17) is 0 Å². The summed E-state index contributed by atoms with van der Waals surface area (Å²) in [6.07, 6.45) is 12.5. The summed E-state index contributed by atoms with van der Waals surface area (Å²) in [5.74, 6) is 0.980. The first-order valence-corrected chi connectivity index (χ1v) is 20.6. The fourth-order valence-corrected chi connectivity index (χ4v) is 21.6. The molecule has 4 rings (SSSR count). The summed E-state index contributed by atoms with van der Waals surface area (Å²) in [5.41, 5.74) is 4.41. The number of carbonyl (C=O) groups excluding carboxylic acids is 1. The standard InChI is InChI=1S/C12H23NO.C12H11Si.C9H13.Ti/c13-12(14)11-9-7-5-3-1-2-4-6-8-10-11;1-3-7-11(8-4-1)13-12-9-5-2-6-10-12;1-6-5-7(2)9(4)8(6)3;/h11H,1-10H2,(H2,13,14);1-10,13H;6H,1-4H3;/q;;;+1/p-1. The third-order valence-corrected chi connectivity index (χ3v) is 22.3. The molecule has 197 valence electrons. The van der Waals surface area contributed by atoms with Gasteiger partial charge in [-0.2, -0.15) is 0 Å². The first kappa shape index (κ1) is 28.3. The van der Waals surface area contributed by atoms with Gasteiger partial charge in [0.15, 0.2) is 0 Å². The van der Waals surface area contributed by atoms with Crippen LogP contribution in [-0.2, 0) is 22.2 Å². The van der Waals surface area contributed by atoms with Crippen molar-refractivity contribution in [2.45, 2.75) is 91.9 Å². The summed E-state index contributed by atoms with van der Waals surface area (Å²) in [7, 11) is 0. The molecular weight excluding hydrogens is 502 g/mol. The molecule has 1 unspecified atom stereocenters. The first-order chi connectivity index (χ1) is 18.0. The quantitative estimate of drug-likeness (QED) is 0.389. The fraction of sp³-hybridized carbons (Fsp3) is 0.485.